The van der Waals surface area contributed by atoms with E-state index < -0.39 is 16.6 Å². The third-order valence-corrected chi connectivity index (χ3v) is 2.97. The Balaban J connectivity index is 2.15. The highest BCUT2D eigenvalue weighted by Gasteiger charge is 2.10. The molecule has 0 heterocycles. The second-order valence-electron chi connectivity index (χ2n) is 4.26. The van der Waals surface area contributed by atoms with Crippen LogP contribution in [0.5, 0.6) is 0 Å². The van der Waals surface area contributed by atoms with E-state index in [1.165, 1.54) is 36.4 Å². The van der Waals surface area contributed by atoms with Crippen molar-refractivity contribution in [3.8, 4) is 0 Å². The van der Waals surface area contributed by atoms with E-state index in [9.17, 15) is 19.3 Å². The maximum Gasteiger partial charge on any atom is 0.276 e. The summed E-state index contributed by atoms with van der Waals surface area (Å²) in [6.07, 6.45) is 2.37. The van der Waals surface area contributed by atoms with Crippen molar-refractivity contribution in [2.45, 2.75) is 0 Å². The molecule has 1 N–H and O–H groups in total. The monoisotopic (exact) mass is 320 g/mol. The first-order chi connectivity index (χ1) is 10.5. The number of nitrogens with zero attached hydrogens (tertiary/aromatic N) is 1. The third-order valence-electron chi connectivity index (χ3n) is 2.73. The van der Waals surface area contributed by atoms with Gasteiger partial charge in [0, 0.05) is 17.2 Å². The van der Waals surface area contributed by atoms with Gasteiger partial charge in [0.1, 0.15) is 5.82 Å². The molecule has 7 heteroatoms. The van der Waals surface area contributed by atoms with E-state index >= 15 is 0 Å². The predicted octanol–water partition coefficient (Wildman–Crippen LogP) is 4.04. The van der Waals surface area contributed by atoms with Crippen molar-refractivity contribution in [2.75, 3.05) is 5.32 Å². The van der Waals surface area contributed by atoms with Crippen molar-refractivity contribution >= 4 is 35.0 Å². The zero-order chi connectivity index (χ0) is 16.1. The Labute approximate surface area is 130 Å². The maximum absolute atomic E-state index is 13.5. The summed E-state index contributed by atoms with van der Waals surface area (Å²) in [5, 5.41) is 13.4. The van der Waals surface area contributed by atoms with Crippen LogP contribution in [0.3, 0.4) is 0 Å². The lowest BCUT2D eigenvalue weighted by Crippen LogP contribution is -2.09. The number of para-hydroxylation sites is 1. The highest BCUT2D eigenvalue weighted by Crippen LogP contribution is 2.21. The summed E-state index contributed by atoms with van der Waals surface area (Å²) in [6.45, 7) is 0. The predicted molar refractivity (Wildman–Crippen MR) is 82.2 cm³/mol. The molecule has 2 aromatic carbocycles. The average molecular weight is 321 g/mol. The van der Waals surface area contributed by atoms with Crippen LogP contribution in [-0.2, 0) is 4.79 Å². The Morgan fingerprint density at radius 1 is 1.27 bits per heavy atom. The fourth-order valence-corrected chi connectivity index (χ4v) is 1.90. The van der Waals surface area contributed by atoms with Gasteiger partial charge in [0.15, 0.2) is 0 Å². The van der Waals surface area contributed by atoms with Crippen LogP contribution in [0, 0.1) is 15.9 Å². The molecule has 0 aliphatic rings. The molecule has 1 amide bonds. The minimum Gasteiger partial charge on any atom is -0.320 e. The number of anilines is 1. The number of nitro benzene ring substituents is 1. The third kappa shape index (κ3) is 3.89. The van der Waals surface area contributed by atoms with E-state index in [0.717, 1.165) is 12.1 Å². The molecule has 0 atom stereocenters. The van der Waals surface area contributed by atoms with Gasteiger partial charge in [0.25, 0.3) is 5.69 Å². The molecule has 22 heavy (non-hydrogen) atoms. The number of benzene rings is 2. The van der Waals surface area contributed by atoms with Gasteiger partial charge < -0.3 is 5.32 Å². The van der Waals surface area contributed by atoms with Crippen molar-refractivity contribution in [3.63, 3.8) is 0 Å². The molecule has 112 valence electrons. The first-order valence-electron chi connectivity index (χ1n) is 6.15. The van der Waals surface area contributed by atoms with Gasteiger partial charge in [-0.3, -0.25) is 14.9 Å². The molecule has 0 unspecified atom stereocenters. The summed E-state index contributed by atoms with van der Waals surface area (Å²) >= 11 is 5.72. The van der Waals surface area contributed by atoms with Gasteiger partial charge in [-0.05, 0) is 30.3 Å². The number of halogens is 2. The van der Waals surface area contributed by atoms with Crippen LogP contribution in [0.15, 0.2) is 48.5 Å². The summed E-state index contributed by atoms with van der Waals surface area (Å²) < 4.78 is 13.5. The van der Waals surface area contributed by atoms with Crippen LogP contribution in [0.4, 0.5) is 15.8 Å². The smallest absolute Gasteiger partial charge is 0.276 e. The second-order valence-corrected chi connectivity index (χ2v) is 4.70. The average Bonchev–Trinajstić information content (AvgIpc) is 2.49. The molecule has 0 aliphatic carbocycles. The first-order valence-corrected chi connectivity index (χ1v) is 6.52. The number of nitrogens with one attached hydrogen (secondary N) is 1. The quantitative estimate of drug-likeness (QED) is 0.525. The van der Waals surface area contributed by atoms with E-state index in [2.05, 4.69) is 5.32 Å². The Morgan fingerprint density at radius 2 is 2.00 bits per heavy atom. The standard InChI is InChI=1S/C15H10ClFN2O3/c16-11-6-7-12(17)13(9-11)18-15(20)8-5-10-3-1-2-4-14(10)19(21)22/h1-9H,(H,18,20)/b8-5+. The Kier molecular flexibility index (Phi) is 4.85. The maximum atomic E-state index is 13.5. The SMILES string of the molecule is O=C(/C=C/c1ccccc1[N+](=O)[O-])Nc1cc(Cl)ccc1F. The van der Waals surface area contributed by atoms with Gasteiger partial charge in [-0.2, -0.15) is 0 Å². The molecular weight excluding hydrogens is 311 g/mol. The normalized spacial score (nSPS) is 10.6. The van der Waals surface area contributed by atoms with E-state index in [4.69, 9.17) is 11.6 Å². The molecule has 0 fully saturated rings. The zero-order valence-corrected chi connectivity index (χ0v) is 11.9. The van der Waals surface area contributed by atoms with Crippen LogP contribution < -0.4 is 5.32 Å². The van der Waals surface area contributed by atoms with Crippen LogP contribution in [0.1, 0.15) is 5.56 Å². The summed E-state index contributed by atoms with van der Waals surface area (Å²) in [5.41, 5.74) is 0.0828. The van der Waals surface area contributed by atoms with E-state index in [1.807, 2.05) is 0 Å². The van der Waals surface area contributed by atoms with Crippen molar-refractivity contribution in [2.24, 2.45) is 0 Å². The van der Waals surface area contributed by atoms with Crippen LogP contribution in [0.25, 0.3) is 6.08 Å². The van der Waals surface area contributed by atoms with Gasteiger partial charge in [0.05, 0.1) is 16.2 Å². The fourth-order valence-electron chi connectivity index (χ4n) is 1.73. The largest absolute Gasteiger partial charge is 0.320 e. The lowest BCUT2D eigenvalue weighted by Gasteiger charge is -2.04. The van der Waals surface area contributed by atoms with E-state index in [1.54, 1.807) is 6.07 Å². The number of hydrogen-bond donors (Lipinski definition) is 1. The Bertz CT molecular complexity index is 762. The molecule has 5 nitrogen and oxygen atoms in total. The van der Waals surface area contributed by atoms with Gasteiger partial charge in [-0.15, -0.1) is 0 Å². The van der Waals surface area contributed by atoms with Crippen molar-refractivity contribution in [1.82, 2.24) is 0 Å². The number of amides is 1. The molecule has 0 saturated heterocycles. The molecule has 2 rings (SSSR count). The molecule has 0 spiro atoms. The fraction of sp³-hybridized carbons (Fsp3) is 0. The van der Waals surface area contributed by atoms with E-state index in [-0.39, 0.29) is 22.0 Å². The first kappa shape index (κ1) is 15.7. The summed E-state index contributed by atoms with van der Waals surface area (Å²) in [4.78, 5) is 22.1. The number of rotatable bonds is 4. The minimum absolute atomic E-state index is 0.0651. The molecule has 0 radical (unpaired) electrons. The summed E-state index contributed by atoms with van der Waals surface area (Å²) in [5.74, 6) is -1.25. The van der Waals surface area contributed by atoms with Gasteiger partial charge >= 0.3 is 0 Å². The van der Waals surface area contributed by atoms with Gasteiger partial charge in [-0.25, -0.2) is 4.39 Å². The summed E-state index contributed by atoms with van der Waals surface area (Å²) in [7, 11) is 0. The number of hydrogen-bond acceptors (Lipinski definition) is 3. The number of nitro groups is 1. The number of carbonyl (C=O) groups excluding carboxylic acids is 1. The topological polar surface area (TPSA) is 72.2 Å². The highest BCUT2D eigenvalue weighted by molar-refractivity contribution is 6.30. The molecule has 2 aromatic rings. The molecule has 0 saturated carbocycles. The zero-order valence-electron chi connectivity index (χ0n) is 11.1. The molecule has 0 aromatic heterocycles. The van der Waals surface area contributed by atoms with Crippen molar-refractivity contribution in [1.29, 1.82) is 0 Å². The van der Waals surface area contributed by atoms with Crippen molar-refractivity contribution in [3.05, 3.63) is 75.1 Å². The lowest BCUT2D eigenvalue weighted by molar-refractivity contribution is -0.385. The molecular formula is C15H10ClFN2O3. The summed E-state index contributed by atoms with van der Waals surface area (Å²) in [6, 6.07) is 9.72. The Hall–Kier alpha value is -2.73. The van der Waals surface area contributed by atoms with Crippen LogP contribution in [-0.4, -0.2) is 10.8 Å². The number of carbonyl (C=O) groups is 1. The second kappa shape index (κ2) is 6.82. The van der Waals surface area contributed by atoms with E-state index in [0.29, 0.717) is 0 Å². The van der Waals surface area contributed by atoms with Gasteiger partial charge in [0.2, 0.25) is 5.91 Å². The highest BCUT2D eigenvalue weighted by atomic mass is 35.5. The van der Waals surface area contributed by atoms with Crippen molar-refractivity contribution < 1.29 is 14.1 Å². The van der Waals surface area contributed by atoms with Gasteiger partial charge in [-0.1, -0.05) is 23.7 Å². The minimum atomic E-state index is -0.628. The Morgan fingerprint density at radius 3 is 2.73 bits per heavy atom. The molecule has 0 aliphatic heterocycles. The lowest BCUT2D eigenvalue weighted by atomic mass is 10.1. The van der Waals surface area contributed by atoms with Crippen LogP contribution >= 0.6 is 11.6 Å². The van der Waals surface area contributed by atoms with Crippen LogP contribution in [0.2, 0.25) is 5.02 Å². The molecule has 0 bridgehead atoms.